The van der Waals surface area contributed by atoms with Crippen LogP contribution in [0.5, 0.6) is 0 Å². The molecule has 1 N–H and O–H groups in total. The van der Waals surface area contributed by atoms with Crippen LogP contribution in [0, 0.1) is 19.8 Å². The second-order valence-corrected chi connectivity index (χ2v) is 5.24. The van der Waals surface area contributed by atoms with Gasteiger partial charge in [0.1, 0.15) is 0 Å². The number of likely N-dealkylation sites (tertiary alicyclic amines) is 1. The summed E-state index contributed by atoms with van der Waals surface area (Å²) in [7, 11) is 0. The van der Waals surface area contributed by atoms with Gasteiger partial charge in [-0.2, -0.15) is 0 Å². The maximum absolute atomic E-state index is 12.6. The van der Waals surface area contributed by atoms with E-state index in [1.54, 1.807) is 4.90 Å². The number of aliphatic carboxylic acids is 1. The van der Waals surface area contributed by atoms with E-state index in [2.05, 4.69) is 0 Å². The van der Waals surface area contributed by atoms with Crippen LogP contribution in [0.4, 0.5) is 0 Å². The summed E-state index contributed by atoms with van der Waals surface area (Å²) in [4.78, 5) is 25.4. The monoisotopic (exact) mass is 261 g/mol. The lowest BCUT2D eigenvalue weighted by atomic mass is 10.00. The van der Waals surface area contributed by atoms with Crippen LogP contribution in [-0.4, -0.2) is 34.5 Å². The highest BCUT2D eigenvalue weighted by Crippen LogP contribution is 2.27. The average Bonchev–Trinajstić information content (AvgIpc) is 2.70. The number of hydrogen-bond donors (Lipinski definition) is 1. The highest BCUT2D eigenvalue weighted by Gasteiger charge is 2.38. The molecule has 2 atom stereocenters. The fourth-order valence-corrected chi connectivity index (χ4v) is 2.85. The summed E-state index contributed by atoms with van der Waals surface area (Å²) in [6.45, 7) is 6.16. The molecule has 1 amide bonds. The number of aryl methyl sites for hydroxylation is 2. The van der Waals surface area contributed by atoms with Crippen LogP contribution < -0.4 is 0 Å². The number of benzene rings is 1. The topological polar surface area (TPSA) is 57.6 Å². The Balaban J connectivity index is 2.29. The zero-order valence-corrected chi connectivity index (χ0v) is 11.5. The molecule has 4 heteroatoms. The van der Waals surface area contributed by atoms with Crippen molar-refractivity contribution >= 4 is 11.9 Å². The quantitative estimate of drug-likeness (QED) is 0.888. The van der Waals surface area contributed by atoms with Crippen molar-refractivity contribution in [2.24, 2.45) is 5.92 Å². The van der Waals surface area contributed by atoms with Gasteiger partial charge in [-0.25, -0.2) is 0 Å². The highest BCUT2D eigenvalue weighted by molar-refractivity contribution is 5.97. The largest absolute Gasteiger partial charge is 0.481 e. The van der Waals surface area contributed by atoms with Gasteiger partial charge in [0.2, 0.25) is 0 Å². The fraction of sp³-hybridized carbons (Fsp3) is 0.467. The zero-order valence-electron chi connectivity index (χ0n) is 11.5. The lowest BCUT2D eigenvalue weighted by molar-refractivity contribution is -0.142. The molecule has 1 saturated heterocycles. The molecule has 1 fully saturated rings. The Kier molecular flexibility index (Phi) is 3.60. The molecule has 0 saturated carbocycles. The van der Waals surface area contributed by atoms with Crippen LogP contribution in [0.25, 0.3) is 0 Å². The van der Waals surface area contributed by atoms with Crippen molar-refractivity contribution in [3.8, 4) is 0 Å². The number of carboxylic acids is 1. The van der Waals surface area contributed by atoms with Crippen LogP contribution >= 0.6 is 0 Å². The van der Waals surface area contributed by atoms with Crippen molar-refractivity contribution in [3.05, 3.63) is 34.9 Å². The number of carbonyl (C=O) groups excluding carboxylic acids is 1. The maximum atomic E-state index is 12.6. The van der Waals surface area contributed by atoms with Crippen molar-refractivity contribution in [2.75, 3.05) is 6.54 Å². The minimum absolute atomic E-state index is 0.0492. The summed E-state index contributed by atoms with van der Waals surface area (Å²) in [5, 5.41) is 9.13. The van der Waals surface area contributed by atoms with E-state index < -0.39 is 11.9 Å². The third-order valence-electron chi connectivity index (χ3n) is 4.03. The SMILES string of the molecule is Cc1cccc(C)c1C(=O)N1CCC(C(=O)O)C1C. The number of carboxylic acid groups (broad SMARTS) is 1. The molecule has 0 aliphatic carbocycles. The van der Waals surface area contributed by atoms with E-state index in [9.17, 15) is 9.59 Å². The molecule has 1 aliphatic heterocycles. The van der Waals surface area contributed by atoms with Gasteiger partial charge in [0.15, 0.2) is 0 Å². The Labute approximate surface area is 113 Å². The van der Waals surface area contributed by atoms with Crippen molar-refractivity contribution in [3.63, 3.8) is 0 Å². The summed E-state index contributed by atoms with van der Waals surface area (Å²) < 4.78 is 0. The van der Waals surface area contributed by atoms with E-state index in [1.165, 1.54) is 0 Å². The van der Waals surface area contributed by atoms with Crippen LogP contribution in [0.1, 0.15) is 34.8 Å². The molecular weight excluding hydrogens is 242 g/mol. The van der Waals surface area contributed by atoms with Gasteiger partial charge in [0.05, 0.1) is 5.92 Å². The minimum Gasteiger partial charge on any atom is -0.481 e. The van der Waals surface area contributed by atoms with Gasteiger partial charge in [-0.3, -0.25) is 9.59 Å². The number of hydrogen-bond acceptors (Lipinski definition) is 2. The molecule has 1 aromatic rings. The lowest BCUT2D eigenvalue weighted by Crippen LogP contribution is -2.38. The van der Waals surface area contributed by atoms with E-state index in [1.807, 2.05) is 39.0 Å². The van der Waals surface area contributed by atoms with Gasteiger partial charge in [-0.05, 0) is 38.3 Å². The summed E-state index contributed by atoms with van der Waals surface area (Å²) in [5.74, 6) is -1.32. The predicted molar refractivity (Wildman–Crippen MR) is 72.2 cm³/mol. The summed E-state index contributed by atoms with van der Waals surface area (Å²) in [6, 6.07) is 5.50. The summed E-state index contributed by atoms with van der Waals surface area (Å²) in [5.41, 5.74) is 2.59. The smallest absolute Gasteiger partial charge is 0.308 e. The van der Waals surface area contributed by atoms with Gasteiger partial charge in [0.25, 0.3) is 5.91 Å². The van der Waals surface area contributed by atoms with Crippen molar-refractivity contribution < 1.29 is 14.7 Å². The molecule has 19 heavy (non-hydrogen) atoms. The Morgan fingerprint density at radius 1 is 1.26 bits per heavy atom. The van der Waals surface area contributed by atoms with Gasteiger partial charge in [-0.15, -0.1) is 0 Å². The number of rotatable bonds is 2. The Morgan fingerprint density at radius 2 is 1.84 bits per heavy atom. The van der Waals surface area contributed by atoms with E-state index >= 15 is 0 Å². The highest BCUT2D eigenvalue weighted by atomic mass is 16.4. The predicted octanol–water partition coefficient (Wildman–Crippen LogP) is 2.24. The normalized spacial score (nSPS) is 22.6. The Bertz CT molecular complexity index is 504. The van der Waals surface area contributed by atoms with Crippen LogP contribution in [-0.2, 0) is 4.79 Å². The molecule has 2 unspecified atom stereocenters. The number of amides is 1. The molecule has 0 radical (unpaired) electrons. The average molecular weight is 261 g/mol. The first-order chi connectivity index (χ1) is 8.93. The second kappa shape index (κ2) is 5.03. The van der Waals surface area contributed by atoms with E-state index in [-0.39, 0.29) is 11.9 Å². The molecule has 1 aliphatic rings. The third-order valence-corrected chi connectivity index (χ3v) is 4.03. The molecule has 102 valence electrons. The summed E-state index contributed by atoms with van der Waals surface area (Å²) in [6.07, 6.45) is 0.535. The molecule has 1 heterocycles. The van der Waals surface area contributed by atoms with Crippen molar-refractivity contribution in [1.29, 1.82) is 0 Å². The van der Waals surface area contributed by atoms with Crippen LogP contribution in [0.2, 0.25) is 0 Å². The molecule has 4 nitrogen and oxygen atoms in total. The lowest BCUT2D eigenvalue weighted by Gasteiger charge is -2.25. The molecular formula is C15H19NO3. The molecule has 0 aromatic heterocycles. The number of nitrogens with zero attached hydrogens (tertiary/aromatic N) is 1. The Morgan fingerprint density at radius 3 is 2.32 bits per heavy atom. The summed E-state index contributed by atoms with van der Waals surface area (Å²) >= 11 is 0. The maximum Gasteiger partial charge on any atom is 0.308 e. The van der Waals surface area contributed by atoms with E-state index in [0.717, 1.165) is 11.1 Å². The first-order valence-corrected chi connectivity index (χ1v) is 6.53. The molecule has 0 bridgehead atoms. The van der Waals surface area contributed by atoms with Crippen LogP contribution in [0.3, 0.4) is 0 Å². The number of carbonyl (C=O) groups is 2. The standard InChI is InChI=1S/C15H19NO3/c1-9-5-4-6-10(2)13(9)14(17)16-8-7-12(11(16)3)15(18)19/h4-6,11-12H,7-8H2,1-3H3,(H,18,19). The third kappa shape index (κ3) is 2.35. The second-order valence-electron chi connectivity index (χ2n) is 5.24. The first kappa shape index (κ1) is 13.6. The zero-order chi connectivity index (χ0) is 14.2. The molecule has 2 rings (SSSR count). The fourth-order valence-electron chi connectivity index (χ4n) is 2.85. The van der Waals surface area contributed by atoms with Crippen molar-refractivity contribution in [1.82, 2.24) is 4.90 Å². The van der Waals surface area contributed by atoms with Gasteiger partial charge in [-0.1, -0.05) is 18.2 Å². The van der Waals surface area contributed by atoms with Gasteiger partial charge < -0.3 is 10.0 Å². The van der Waals surface area contributed by atoms with Crippen LogP contribution in [0.15, 0.2) is 18.2 Å². The van der Waals surface area contributed by atoms with Crippen molar-refractivity contribution in [2.45, 2.75) is 33.2 Å². The molecule has 0 spiro atoms. The minimum atomic E-state index is -0.815. The van der Waals surface area contributed by atoms with E-state index in [0.29, 0.717) is 18.5 Å². The Hall–Kier alpha value is -1.84. The first-order valence-electron chi connectivity index (χ1n) is 6.53. The van der Waals surface area contributed by atoms with Gasteiger partial charge in [0, 0.05) is 18.2 Å². The molecule has 1 aromatic carbocycles. The van der Waals surface area contributed by atoms with E-state index in [4.69, 9.17) is 5.11 Å². The van der Waals surface area contributed by atoms with Gasteiger partial charge >= 0.3 is 5.97 Å².